The standard InChI is InChI=1S/C13H23NO2/c1-13(2,3)9-7-14(8-9)11-6-4-5-10(11)12(15)16/h9-11H,4-8H2,1-3H3,(H,15,16). The van der Waals surface area contributed by atoms with Crippen LogP contribution in [0.15, 0.2) is 0 Å². The first-order valence-corrected chi connectivity index (χ1v) is 6.36. The van der Waals surface area contributed by atoms with Crippen molar-refractivity contribution in [2.75, 3.05) is 13.1 Å². The molecule has 0 radical (unpaired) electrons. The van der Waals surface area contributed by atoms with Crippen LogP contribution >= 0.6 is 0 Å². The van der Waals surface area contributed by atoms with E-state index in [9.17, 15) is 4.79 Å². The van der Waals surface area contributed by atoms with Gasteiger partial charge in [0, 0.05) is 19.1 Å². The van der Waals surface area contributed by atoms with E-state index in [1.165, 1.54) is 0 Å². The molecule has 3 nitrogen and oxygen atoms in total. The maximum atomic E-state index is 11.1. The molecule has 0 aromatic carbocycles. The maximum Gasteiger partial charge on any atom is 0.308 e. The summed E-state index contributed by atoms with van der Waals surface area (Å²) in [5.41, 5.74) is 0.369. The van der Waals surface area contributed by atoms with E-state index in [1.54, 1.807) is 0 Å². The molecule has 1 N–H and O–H groups in total. The molecular formula is C13H23NO2. The van der Waals surface area contributed by atoms with Gasteiger partial charge >= 0.3 is 5.97 Å². The third-order valence-corrected chi connectivity index (χ3v) is 4.40. The molecule has 0 spiro atoms. The van der Waals surface area contributed by atoms with Crippen molar-refractivity contribution in [3.63, 3.8) is 0 Å². The van der Waals surface area contributed by atoms with Crippen LogP contribution in [0.5, 0.6) is 0 Å². The van der Waals surface area contributed by atoms with Crippen molar-refractivity contribution in [2.45, 2.75) is 46.1 Å². The highest BCUT2D eigenvalue weighted by Gasteiger charge is 2.44. The van der Waals surface area contributed by atoms with E-state index in [1.807, 2.05) is 0 Å². The lowest BCUT2D eigenvalue weighted by atomic mass is 9.75. The van der Waals surface area contributed by atoms with E-state index in [0.29, 0.717) is 11.5 Å². The van der Waals surface area contributed by atoms with Crippen LogP contribution in [0.2, 0.25) is 0 Å². The highest BCUT2D eigenvalue weighted by atomic mass is 16.4. The summed E-state index contributed by atoms with van der Waals surface area (Å²) in [4.78, 5) is 13.5. The zero-order valence-corrected chi connectivity index (χ0v) is 10.6. The van der Waals surface area contributed by atoms with Crippen LogP contribution in [-0.4, -0.2) is 35.1 Å². The molecular weight excluding hydrogens is 202 g/mol. The molecule has 0 aromatic rings. The molecule has 16 heavy (non-hydrogen) atoms. The predicted molar refractivity (Wildman–Crippen MR) is 63.3 cm³/mol. The van der Waals surface area contributed by atoms with Gasteiger partial charge in [-0.3, -0.25) is 9.69 Å². The molecule has 1 aliphatic heterocycles. The number of aliphatic carboxylic acids is 1. The third kappa shape index (κ3) is 2.10. The molecule has 1 heterocycles. The van der Waals surface area contributed by atoms with Crippen molar-refractivity contribution >= 4 is 5.97 Å². The van der Waals surface area contributed by atoms with Crippen molar-refractivity contribution < 1.29 is 9.90 Å². The van der Waals surface area contributed by atoms with Gasteiger partial charge in [0.2, 0.25) is 0 Å². The Bertz CT molecular complexity index is 276. The van der Waals surface area contributed by atoms with Gasteiger partial charge in [-0.15, -0.1) is 0 Å². The normalized spacial score (nSPS) is 32.7. The van der Waals surface area contributed by atoms with E-state index in [0.717, 1.165) is 38.3 Å². The lowest BCUT2D eigenvalue weighted by Gasteiger charge is -2.50. The van der Waals surface area contributed by atoms with Crippen molar-refractivity contribution in [2.24, 2.45) is 17.3 Å². The lowest BCUT2D eigenvalue weighted by Crippen LogP contribution is -2.57. The summed E-state index contributed by atoms with van der Waals surface area (Å²) < 4.78 is 0. The number of nitrogens with zero attached hydrogens (tertiary/aromatic N) is 1. The average molecular weight is 225 g/mol. The molecule has 1 aliphatic carbocycles. The first-order valence-electron chi connectivity index (χ1n) is 6.36. The molecule has 3 heteroatoms. The summed E-state index contributed by atoms with van der Waals surface area (Å²) in [7, 11) is 0. The van der Waals surface area contributed by atoms with Gasteiger partial charge in [-0.2, -0.15) is 0 Å². The molecule has 92 valence electrons. The summed E-state index contributed by atoms with van der Waals surface area (Å²) in [6.45, 7) is 9.02. The van der Waals surface area contributed by atoms with Crippen molar-refractivity contribution in [3.05, 3.63) is 0 Å². The topological polar surface area (TPSA) is 40.5 Å². The largest absolute Gasteiger partial charge is 0.481 e. The van der Waals surface area contributed by atoms with Crippen LogP contribution in [0.4, 0.5) is 0 Å². The summed E-state index contributed by atoms with van der Waals surface area (Å²) in [6.07, 6.45) is 3.03. The fourth-order valence-corrected chi connectivity index (χ4v) is 3.00. The molecule has 2 unspecified atom stereocenters. The van der Waals surface area contributed by atoms with Gasteiger partial charge in [0.05, 0.1) is 5.92 Å². The number of likely N-dealkylation sites (tertiary alicyclic amines) is 1. The second-order valence-corrected chi connectivity index (χ2v) is 6.46. The summed E-state index contributed by atoms with van der Waals surface area (Å²) >= 11 is 0. The van der Waals surface area contributed by atoms with Gasteiger partial charge in [0.1, 0.15) is 0 Å². The Morgan fingerprint density at radius 3 is 2.38 bits per heavy atom. The zero-order valence-electron chi connectivity index (χ0n) is 10.6. The Kier molecular flexibility index (Phi) is 2.99. The SMILES string of the molecule is CC(C)(C)C1CN(C2CCCC2C(=O)O)C1. The minimum Gasteiger partial charge on any atom is -0.481 e. The maximum absolute atomic E-state index is 11.1. The van der Waals surface area contributed by atoms with Crippen LogP contribution in [0, 0.1) is 17.3 Å². The van der Waals surface area contributed by atoms with E-state index in [-0.39, 0.29) is 5.92 Å². The van der Waals surface area contributed by atoms with Crippen LogP contribution in [0.1, 0.15) is 40.0 Å². The Labute approximate surface area is 97.8 Å². The molecule has 2 aliphatic rings. The van der Waals surface area contributed by atoms with Gasteiger partial charge in [-0.1, -0.05) is 27.2 Å². The van der Waals surface area contributed by atoms with Gasteiger partial charge in [0.25, 0.3) is 0 Å². The average Bonchev–Trinajstić information content (AvgIpc) is 2.46. The molecule has 1 saturated carbocycles. The first-order chi connectivity index (χ1) is 7.39. The molecule has 2 rings (SSSR count). The van der Waals surface area contributed by atoms with Gasteiger partial charge in [-0.25, -0.2) is 0 Å². The van der Waals surface area contributed by atoms with Crippen LogP contribution < -0.4 is 0 Å². The summed E-state index contributed by atoms with van der Waals surface area (Å²) in [5, 5.41) is 9.15. The fraction of sp³-hybridized carbons (Fsp3) is 0.923. The van der Waals surface area contributed by atoms with Gasteiger partial charge in [0.15, 0.2) is 0 Å². The summed E-state index contributed by atoms with van der Waals surface area (Å²) in [5.74, 6) is 0.0326. The van der Waals surface area contributed by atoms with Crippen LogP contribution in [0.25, 0.3) is 0 Å². The lowest BCUT2D eigenvalue weighted by molar-refractivity contribution is -0.145. The number of carboxylic acid groups (broad SMARTS) is 1. The van der Waals surface area contributed by atoms with E-state index in [4.69, 9.17) is 5.11 Å². The fourth-order valence-electron chi connectivity index (χ4n) is 3.00. The molecule has 2 atom stereocenters. The monoisotopic (exact) mass is 225 g/mol. The van der Waals surface area contributed by atoms with E-state index < -0.39 is 5.97 Å². The van der Waals surface area contributed by atoms with Crippen LogP contribution in [0.3, 0.4) is 0 Å². The van der Waals surface area contributed by atoms with E-state index in [2.05, 4.69) is 25.7 Å². The number of hydrogen-bond donors (Lipinski definition) is 1. The molecule has 0 amide bonds. The van der Waals surface area contributed by atoms with Crippen molar-refractivity contribution in [3.8, 4) is 0 Å². The Balaban J connectivity index is 1.90. The number of hydrogen-bond acceptors (Lipinski definition) is 2. The second kappa shape index (κ2) is 4.02. The Hall–Kier alpha value is -0.570. The Morgan fingerprint density at radius 2 is 1.88 bits per heavy atom. The quantitative estimate of drug-likeness (QED) is 0.783. The molecule has 0 aromatic heterocycles. The minimum absolute atomic E-state index is 0.110. The molecule has 2 fully saturated rings. The molecule has 0 bridgehead atoms. The first kappa shape index (κ1) is 11.9. The highest BCUT2D eigenvalue weighted by Crippen LogP contribution is 2.39. The number of rotatable bonds is 2. The Morgan fingerprint density at radius 1 is 1.25 bits per heavy atom. The zero-order chi connectivity index (χ0) is 11.9. The van der Waals surface area contributed by atoms with Crippen molar-refractivity contribution in [1.29, 1.82) is 0 Å². The van der Waals surface area contributed by atoms with Crippen LogP contribution in [-0.2, 0) is 4.79 Å². The molecule has 1 saturated heterocycles. The second-order valence-electron chi connectivity index (χ2n) is 6.46. The predicted octanol–water partition coefficient (Wildman–Crippen LogP) is 2.22. The number of carbonyl (C=O) groups is 1. The number of carboxylic acids is 1. The third-order valence-electron chi connectivity index (χ3n) is 4.40. The van der Waals surface area contributed by atoms with Gasteiger partial charge < -0.3 is 5.11 Å². The van der Waals surface area contributed by atoms with Gasteiger partial charge in [-0.05, 0) is 24.2 Å². The summed E-state index contributed by atoms with van der Waals surface area (Å²) in [6, 6.07) is 0.316. The van der Waals surface area contributed by atoms with Crippen molar-refractivity contribution in [1.82, 2.24) is 4.90 Å². The highest BCUT2D eigenvalue weighted by molar-refractivity contribution is 5.71. The minimum atomic E-state index is -0.596. The van der Waals surface area contributed by atoms with E-state index >= 15 is 0 Å². The smallest absolute Gasteiger partial charge is 0.308 e.